The van der Waals surface area contributed by atoms with Crippen molar-refractivity contribution >= 4 is 33.4 Å². The van der Waals surface area contributed by atoms with Crippen molar-refractivity contribution in [3.8, 4) is 0 Å². The lowest BCUT2D eigenvalue weighted by molar-refractivity contribution is 0.443. The Morgan fingerprint density at radius 1 is 1.39 bits per heavy atom. The first-order valence-corrected chi connectivity index (χ1v) is 8.94. The van der Waals surface area contributed by atoms with Crippen molar-refractivity contribution in [3.63, 3.8) is 0 Å². The van der Waals surface area contributed by atoms with E-state index in [1.165, 1.54) is 10.5 Å². The van der Waals surface area contributed by atoms with Gasteiger partial charge in [0.15, 0.2) is 0 Å². The standard InChI is InChI=1S/C10H16ClN3O2S2/c11-2-1-3-13-9-10(8-12-13)18(15,16)14-4-6-17-7-5-14/h8-9H,1-7H2. The normalized spacial score (nSPS) is 18.1. The Labute approximate surface area is 117 Å². The molecule has 0 N–H and O–H groups in total. The van der Waals surface area contributed by atoms with Gasteiger partial charge in [0.1, 0.15) is 4.90 Å². The summed E-state index contributed by atoms with van der Waals surface area (Å²) in [7, 11) is -3.36. The molecule has 0 aliphatic carbocycles. The summed E-state index contributed by atoms with van der Waals surface area (Å²) >= 11 is 7.38. The van der Waals surface area contributed by atoms with Crippen LogP contribution in [0, 0.1) is 0 Å². The molecule has 2 rings (SSSR count). The van der Waals surface area contributed by atoms with Crippen LogP contribution < -0.4 is 0 Å². The summed E-state index contributed by atoms with van der Waals surface area (Å²) in [5.74, 6) is 2.27. The van der Waals surface area contributed by atoms with Crippen molar-refractivity contribution in [1.29, 1.82) is 0 Å². The quantitative estimate of drug-likeness (QED) is 0.768. The predicted octanol–water partition coefficient (Wildman–Crippen LogP) is 1.25. The van der Waals surface area contributed by atoms with E-state index in [0.717, 1.165) is 17.9 Å². The van der Waals surface area contributed by atoms with Crippen molar-refractivity contribution in [3.05, 3.63) is 12.4 Å². The number of nitrogens with zero attached hydrogens (tertiary/aromatic N) is 3. The molecule has 0 bridgehead atoms. The maximum Gasteiger partial charge on any atom is 0.246 e. The highest BCUT2D eigenvalue weighted by Gasteiger charge is 2.27. The van der Waals surface area contributed by atoms with Crippen LogP contribution in [-0.4, -0.2) is 53.0 Å². The average molecular weight is 310 g/mol. The number of rotatable bonds is 5. The number of thioether (sulfide) groups is 1. The van der Waals surface area contributed by atoms with Gasteiger partial charge in [0.25, 0.3) is 0 Å². The molecule has 102 valence electrons. The molecule has 1 aromatic heterocycles. The molecule has 18 heavy (non-hydrogen) atoms. The number of aryl methyl sites for hydroxylation is 1. The Kier molecular flexibility index (Phi) is 4.94. The fourth-order valence-electron chi connectivity index (χ4n) is 1.76. The molecular weight excluding hydrogens is 294 g/mol. The van der Waals surface area contributed by atoms with Gasteiger partial charge in [-0.3, -0.25) is 4.68 Å². The van der Waals surface area contributed by atoms with E-state index >= 15 is 0 Å². The zero-order chi connectivity index (χ0) is 13.0. The fraction of sp³-hybridized carbons (Fsp3) is 0.700. The van der Waals surface area contributed by atoms with Gasteiger partial charge < -0.3 is 0 Å². The minimum Gasteiger partial charge on any atom is -0.271 e. The van der Waals surface area contributed by atoms with E-state index in [1.807, 2.05) is 0 Å². The molecule has 5 nitrogen and oxygen atoms in total. The molecule has 1 fully saturated rings. The number of sulfonamides is 1. The van der Waals surface area contributed by atoms with E-state index in [-0.39, 0.29) is 4.90 Å². The Morgan fingerprint density at radius 3 is 2.78 bits per heavy atom. The van der Waals surface area contributed by atoms with E-state index in [4.69, 9.17) is 11.6 Å². The number of aromatic nitrogens is 2. The molecule has 0 saturated carbocycles. The molecular formula is C10H16ClN3O2S2. The van der Waals surface area contributed by atoms with E-state index < -0.39 is 10.0 Å². The van der Waals surface area contributed by atoms with Crippen LogP contribution in [0.25, 0.3) is 0 Å². The maximum absolute atomic E-state index is 12.3. The van der Waals surface area contributed by atoms with E-state index in [9.17, 15) is 8.42 Å². The van der Waals surface area contributed by atoms with Crippen LogP contribution in [0.3, 0.4) is 0 Å². The number of alkyl halides is 1. The number of hydrogen-bond donors (Lipinski definition) is 0. The van der Waals surface area contributed by atoms with Crippen LogP contribution in [0.4, 0.5) is 0 Å². The predicted molar refractivity (Wildman–Crippen MR) is 73.6 cm³/mol. The topological polar surface area (TPSA) is 55.2 Å². The largest absolute Gasteiger partial charge is 0.271 e. The minimum atomic E-state index is -3.36. The second kappa shape index (κ2) is 6.27. The lowest BCUT2D eigenvalue weighted by Crippen LogP contribution is -2.37. The van der Waals surface area contributed by atoms with Gasteiger partial charge in [0.2, 0.25) is 10.0 Å². The van der Waals surface area contributed by atoms with Crippen LogP contribution in [0.1, 0.15) is 6.42 Å². The highest BCUT2D eigenvalue weighted by atomic mass is 35.5. The van der Waals surface area contributed by atoms with Gasteiger partial charge in [-0.1, -0.05) is 0 Å². The summed E-state index contributed by atoms with van der Waals surface area (Å²) in [4.78, 5) is 0.281. The van der Waals surface area contributed by atoms with Gasteiger partial charge >= 0.3 is 0 Å². The first-order valence-electron chi connectivity index (χ1n) is 5.81. The van der Waals surface area contributed by atoms with Crippen LogP contribution in [0.5, 0.6) is 0 Å². The molecule has 2 heterocycles. The molecule has 1 aliphatic rings. The van der Waals surface area contributed by atoms with Crippen LogP contribution in [-0.2, 0) is 16.6 Å². The smallest absolute Gasteiger partial charge is 0.246 e. The lowest BCUT2D eigenvalue weighted by Gasteiger charge is -2.24. The van der Waals surface area contributed by atoms with Gasteiger partial charge in [-0.05, 0) is 6.42 Å². The van der Waals surface area contributed by atoms with E-state index in [0.29, 0.717) is 25.5 Å². The minimum absolute atomic E-state index is 0.281. The summed E-state index contributed by atoms with van der Waals surface area (Å²) in [6.45, 7) is 1.81. The summed E-state index contributed by atoms with van der Waals surface area (Å²) in [6.07, 6.45) is 3.79. The van der Waals surface area contributed by atoms with Crippen LogP contribution in [0.2, 0.25) is 0 Å². The molecule has 0 aromatic carbocycles. The van der Waals surface area contributed by atoms with Crippen molar-refractivity contribution in [1.82, 2.24) is 14.1 Å². The SMILES string of the molecule is O=S(=O)(c1cnn(CCCCl)c1)N1CCSCC1. The first-order chi connectivity index (χ1) is 8.64. The molecule has 0 spiro atoms. The lowest BCUT2D eigenvalue weighted by atomic mass is 10.5. The van der Waals surface area contributed by atoms with Crippen LogP contribution >= 0.6 is 23.4 Å². The van der Waals surface area contributed by atoms with Gasteiger partial charge in [-0.25, -0.2) is 8.42 Å². The Morgan fingerprint density at radius 2 is 2.11 bits per heavy atom. The summed E-state index contributed by atoms with van der Waals surface area (Å²) < 4.78 is 27.8. The zero-order valence-corrected chi connectivity index (χ0v) is 12.3. The molecule has 0 amide bonds. The number of hydrogen-bond acceptors (Lipinski definition) is 4. The second-order valence-electron chi connectivity index (χ2n) is 4.00. The monoisotopic (exact) mass is 309 g/mol. The highest BCUT2D eigenvalue weighted by molar-refractivity contribution is 7.99. The van der Waals surface area contributed by atoms with E-state index in [2.05, 4.69) is 5.10 Å². The maximum atomic E-state index is 12.3. The molecule has 1 saturated heterocycles. The van der Waals surface area contributed by atoms with Gasteiger partial charge in [0, 0.05) is 43.2 Å². The van der Waals surface area contributed by atoms with Crippen molar-refractivity contribution in [2.45, 2.75) is 17.9 Å². The third kappa shape index (κ3) is 3.20. The third-order valence-corrected chi connectivity index (χ3v) is 5.80. The molecule has 0 unspecified atom stereocenters. The average Bonchev–Trinajstić information content (AvgIpc) is 2.87. The summed E-state index contributed by atoms with van der Waals surface area (Å²) in [5, 5.41) is 4.06. The summed E-state index contributed by atoms with van der Waals surface area (Å²) in [6, 6.07) is 0. The Hall–Kier alpha value is -0.240. The van der Waals surface area contributed by atoms with E-state index in [1.54, 1.807) is 22.6 Å². The van der Waals surface area contributed by atoms with Gasteiger partial charge in [-0.2, -0.15) is 21.2 Å². The van der Waals surface area contributed by atoms with Crippen LogP contribution in [0.15, 0.2) is 17.3 Å². The Balaban J connectivity index is 2.11. The molecule has 0 radical (unpaired) electrons. The fourth-order valence-corrected chi connectivity index (χ4v) is 4.41. The van der Waals surface area contributed by atoms with Crippen molar-refractivity contribution < 1.29 is 8.42 Å². The molecule has 1 aliphatic heterocycles. The summed E-state index contributed by atoms with van der Waals surface area (Å²) in [5.41, 5.74) is 0. The first kappa shape index (κ1) is 14.2. The third-order valence-electron chi connectivity index (χ3n) is 2.74. The van der Waals surface area contributed by atoms with Gasteiger partial charge in [0.05, 0.1) is 6.20 Å². The van der Waals surface area contributed by atoms with Crippen molar-refractivity contribution in [2.24, 2.45) is 0 Å². The molecule has 8 heteroatoms. The highest BCUT2D eigenvalue weighted by Crippen LogP contribution is 2.19. The molecule has 0 atom stereocenters. The van der Waals surface area contributed by atoms with Gasteiger partial charge in [-0.15, -0.1) is 11.6 Å². The zero-order valence-electron chi connectivity index (χ0n) is 9.96. The number of halogens is 1. The van der Waals surface area contributed by atoms with Crippen molar-refractivity contribution in [2.75, 3.05) is 30.5 Å². The Bertz CT molecular complexity index is 483. The second-order valence-corrected chi connectivity index (χ2v) is 7.54. The molecule has 1 aromatic rings.